The predicted octanol–water partition coefficient (Wildman–Crippen LogP) is 5.22. The first-order chi connectivity index (χ1) is 8.81. The Hall–Kier alpha value is -0.630. The van der Waals surface area contributed by atoms with Gasteiger partial charge in [-0.05, 0) is 12.8 Å². The summed E-state index contributed by atoms with van der Waals surface area (Å²) in [7, 11) is 0. The quantitative estimate of drug-likeness (QED) is 0.482. The second-order valence-corrected chi connectivity index (χ2v) is 4.91. The summed E-state index contributed by atoms with van der Waals surface area (Å²) in [5.41, 5.74) is -5.26. The molecule has 120 valence electrons. The van der Waals surface area contributed by atoms with Crippen LogP contribution in [0.4, 0.5) is 39.5 Å². The summed E-state index contributed by atoms with van der Waals surface area (Å²) in [5, 5.41) is 0. The summed E-state index contributed by atoms with van der Waals surface area (Å²) in [6.07, 6.45) is -1.45. The Kier molecular flexibility index (Phi) is 4.09. The topological polar surface area (TPSA) is 0 Å². The van der Waals surface area contributed by atoms with Crippen molar-refractivity contribution in [2.24, 2.45) is 0 Å². The van der Waals surface area contributed by atoms with E-state index in [2.05, 4.69) is 0 Å². The zero-order chi connectivity index (χ0) is 16.0. The van der Waals surface area contributed by atoms with E-state index < -0.39 is 42.2 Å². The van der Waals surface area contributed by atoms with Gasteiger partial charge in [-0.3, -0.25) is 0 Å². The van der Waals surface area contributed by atoms with Crippen LogP contribution in [0.5, 0.6) is 0 Å². The minimum Gasteiger partial charge on any atom is -0.230 e. The van der Waals surface area contributed by atoms with E-state index in [0.29, 0.717) is 12.8 Å². The normalized spacial score (nSPS) is 28.5. The van der Waals surface area contributed by atoms with Crippen molar-refractivity contribution in [2.45, 2.75) is 68.4 Å². The van der Waals surface area contributed by atoms with Crippen LogP contribution in [0.1, 0.15) is 39.0 Å². The van der Waals surface area contributed by atoms with Gasteiger partial charge in [-0.15, -0.1) is 0 Å². The van der Waals surface area contributed by atoms with Gasteiger partial charge in [0.1, 0.15) is 0 Å². The number of alkyl halides is 9. The molecule has 0 N–H and O–H groups in total. The van der Waals surface area contributed by atoms with Crippen LogP contribution >= 0.6 is 0 Å². The van der Waals surface area contributed by atoms with Crippen LogP contribution < -0.4 is 0 Å². The fraction of sp³-hybridized carbons (Fsp3) is 1.00. The number of halogens is 9. The third kappa shape index (κ3) is 1.76. The van der Waals surface area contributed by atoms with Crippen molar-refractivity contribution in [2.75, 3.05) is 0 Å². The predicted molar refractivity (Wildman–Crippen MR) is 52.4 cm³/mol. The van der Waals surface area contributed by atoms with E-state index in [9.17, 15) is 39.5 Å². The van der Waals surface area contributed by atoms with Crippen LogP contribution in [-0.2, 0) is 0 Å². The molecular weight excluding hydrogens is 303 g/mol. The minimum absolute atomic E-state index is 0.00543. The molecule has 0 amide bonds. The van der Waals surface area contributed by atoms with E-state index in [1.54, 1.807) is 6.92 Å². The van der Waals surface area contributed by atoms with Gasteiger partial charge in [0.05, 0.1) is 0 Å². The van der Waals surface area contributed by atoms with Gasteiger partial charge in [-0.25, -0.2) is 4.39 Å². The summed E-state index contributed by atoms with van der Waals surface area (Å²) < 4.78 is 118. The zero-order valence-electron chi connectivity index (χ0n) is 10.4. The molecule has 0 nitrogen and oxygen atoms in total. The second-order valence-electron chi connectivity index (χ2n) is 4.91. The molecule has 0 saturated heterocycles. The number of unbranched alkanes of at least 4 members (excludes halogenated alkanes) is 3. The third-order valence-corrected chi connectivity index (χ3v) is 3.55. The standard InChI is InChI=1S/C11H13F9/c1-2-3-4-5-6-7(12)8(13,14)10(17,18)11(19,20)9(7,15)16/h2-6H2,1H3. The SMILES string of the molecule is CCCCCCC1(F)C(F)(F)C(F)(F)C(F)(F)C1(F)F. The van der Waals surface area contributed by atoms with Crippen molar-refractivity contribution in [1.82, 2.24) is 0 Å². The van der Waals surface area contributed by atoms with Gasteiger partial charge >= 0.3 is 23.7 Å². The lowest BCUT2D eigenvalue weighted by atomic mass is 9.90. The lowest BCUT2D eigenvalue weighted by Crippen LogP contribution is -2.54. The Morgan fingerprint density at radius 2 is 0.950 bits per heavy atom. The van der Waals surface area contributed by atoms with E-state index in [1.165, 1.54) is 0 Å². The molecule has 9 heteroatoms. The molecule has 0 aromatic carbocycles. The monoisotopic (exact) mass is 316 g/mol. The zero-order valence-corrected chi connectivity index (χ0v) is 10.4. The van der Waals surface area contributed by atoms with Crippen molar-refractivity contribution in [3.63, 3.8) is 0 Å². The molecule has 0 bridgehead atoms. The lowest BCUT2D eigenvalue weighted by molar-refractivity contribution is -0.303. The highest BCUT2D eigenvalue weighted by Gasteiger charge is 2.99. The molecule has 0 aromatic heterocycles. The molecule has 1 aliphatic rings. The van der Waals surface area contributed by atoms with Crippen LogP contribution in [0.3, 0.4) is 0 Å². The lowest BCUT2D eigenvalue weighted by Gasteiger charge is -2.30. The molecule has 0 unspecified atom stereocenters. The molecule has 0 atom stereocenters. The summed E-state index contributed by atoms with van der Waals surface area (Å²) in [4.78, 5) is 0. The smallest absolute Gasteiger partial charge is 0.230 e. The van der Waals surface area contributed by atoms with Crippen LogP contribution in [0.2, 0.25) is 0 Å². The van der Waals surface area contributed by atoms with Crippen LogP contribution in [0.15, 0.2) is 0 Å². The van der Waals surface area contributed by atoms with Crippen LogP contribution in [-0.4, -0.2) is 29.4 Å². The molecule has 1 saturated carbocycles. The molecule has 20 heavy (non-hydrogen) atoms. The number of hydrogen-bond acceptors (Lipinski definition) is 0. The highest BCUT2D eigenvalue weighted by atomic mass is 19.4. The summed E-state index contributed by atoms with van der Waals surface area (Å²) in [6.45, 7) is 1.67. The molecule has 1 rings (SSSR count). The molecule has 0 radical (unpaired) electrons. The van der Waals surface area contributed by atoms with Crippen molar-refractivity contribution in [3.8, 4) is 0 Å². The van der Waals surface area contributed by atoms with Gasteiger partial charge < -0.3 is 0 Å². The fourth-order valence-electron chi connectivity index (χ4n) is 2.20. The Labute approximate surface area is 109 Å². The van der Waals surface area contributed by atoms with E-state index in [-0.39, 0.29) is 6.42 Å². The summed E-state index contributed by atoms with van der Waals surface area (Å²) in [5.74, 6) is -25.2. The maximum atomic E-state index is 13.8. The average Bonchev–Trinajstić information content (AvgIpc) is 2.36. The van der Waals surface area contributed by atoms with E-state index in [0.717, 1.165) is 0 Å². The van der Waals surface area contributed by atoms with Crippen molar-refractivity contribution in [3.05, 3.63) is 0 Å². The highest BCUT2D eigenvalue weighted by Crippen LogP contribution is 2.70. The fourth-order valence-corrected chi connectivity index (χ4v) is 2.20. The van der Waals surface area contributed by atoms with Crippen molar-refractivity contribution in [1.29, 1.82) is 0 Å². The van der Waals surface area contributed by atoms with Crippen molar-refractivity contribution < 1.29 is 39.5 Å². The first-order valence-electron chi connectivity index (χ1n) is 6.01. The first kappa shape index (κ1) is 17.4. The highest BCUT2D eigenvalue weighted by molar-refractivity contribution is 5.26. The Morgan fingerprint density at radius 3 is 1.30 bits per heavy atom. The largest absolute Gasteiger partial charge is 0.381 e. The number of hydrogen-bond donors (Lipinski definition) is 0. The van der Waals surface area contributed by atoms with Crippen molar-refractivity contribution >= 4 is 0 Å². The Balaban J connectivity index is 3.16. The maximum Gasteiger partial charge on any atom is 0.381 e. The van der Waals surface area contributed by atoms with E-state index >= 15 is 0 Å². The van der Waals surface area contributed by atoms with E-state index in [4.69, 9.17) is 0 Å². The molecule has 0 heterocycles. The molecule has 1 fully saturated rings. The van der Waals surface area contributed by atoms with Crippen LogP contribution in [0, 0.1) is 0 Å². The van der Waals surface area contributed by atoms with Gasteiger partial charge in [-0.1, -0.05) is 26.2 Å². The maximum absolute atomic E-state index is 13.8. The van der Waals surface area contributed by atoms with Crippen LogP contribution in [0.25, 0.3) is 0 Å². The number of rotatable bonds is 5. The van der Waals surface area contributed by atoms with Gasteiger partial charge in [-0.2, -0.15) is 35.1 Å². The Bertz CT molecular complexity index is 335. The minimum atomic E-state index is -6.44. The molecule has 1 aliphatic carbocycles. The van der Waals surface area contributed by atoms with Gasteiger partial charge in [0.25, 0.3) is 0 Å². The van der Waals surface area contributed by atoms with E-state index in [1.807, 2.05) is 0 Å². The molecule has 0 spiro atoms. The van der Waals surface area contributed by atoms with Gasteiger partial charge in [0.2, 0.25) is 5.67 Å². The third-order valence-electron chi connectivity index (χ3n) is 3.55. The summed E-state index contributed by atoms with van der Waals surface area (Å²) >= 11 is 0. The van der Waals surface area contributed by atoms with Gasteiger partial charge in [0, 0.05) is 0 Å². The average molecular weight is 316 g/mol. The molecule has 0 aliphatic heterocycles. The second kappa shape index (κ2) is 4.69. The molecule has 0 aromatic rings. The molecular formula is C11H13F9. The van der Waals surface area contributed by atoms with Gasteiger partial charge in [0.15, 0.2) is 0 Å². The Morgan fingerprint density at radius 1 is 0.550 bits per heavy atom. The first-order valence-corrected chi connectivity index (χ1v) is 6.01. The summed E-state index contributed by atoms with van der Waals surface area (Å²) in [6, 6.07) is 0.